The van der Waals surface area contributed by atoms with Gasteiger partial charge >= 0.3 is 0 Å². The molecule has 7 heteroatoms. The van der Waals surface area contributed by atoms with E-state index < -0.39 is 9.84 Å². The zero-order valence-corrected chi connectivity index (χ0v) is 19.2. The van der Waals surface area contributed by atoms with Gasteiger partial charge in [0.25, 0.3) is 0 Å². The summed E-state index contributed by atoms with van der Waals surface area (Å²) >= 11 is 6.37. The fourth-order valence-corrected chi connectivity index (χ4v) is 7.49. The van der Waals surface area contributed by atoms with Gasteiger partial charge in [-0.25, -0.2) is 8.42 Å². The zero-order chi connectivity index (χ0) is 21.1. The summed E-state index contributed by atoms with van der Waals surface area (Å²) in [6.45, 7) is 1.31. The van der Waals surface area contributed by atoms with Crippen LogP contribution >= 0.6 is 11.6 Å². The summed E-state index contributed by atoms with van der Waals surface area (Å²) in [5, 5.41) is 0.788. The highest BCUT2D eigenvalue weighted by atomic mass is 35.5. The van der Waals surface area contributed by atoms with Crippen LogP contribution in [0.25, 0.3) is 0 Å². The quantitative estimate of drug-likeness (QED) is 0.660. The van der Waals surface area contributed by atoms with Crippen molar-refractivity contribution in [3.05, 3.63) is 34.9 Å². The average molecular weight is 453 g/mol. The molecule has 2 aliphatic heterocycles. The maximum atomic E-state index is 13.5. The van der Waals surface area contributed by atoms with E-state index in [-0.39, 0.29) is 29.5 Å². The summed E-state index contributed by atoms with van der Waals surface area (Å²) in [4.78, 5) is 17.8. The smallest absolute Gasteiger partial charge is 0.237 e. The molecule has 1 aromatic carbocycles. The van der Waals surface area contributed by atoms with E-state index in [9.17, 15) is 13.2 Å². The van der Waals surface area contributed by atoms with E-state index >= 15 is 0 Å². The number of hydrogen-bond acceptors (Lipinski definition) is 4. The van der Waals surface area contributed by atoms with Gasteiger partial charge in [0.1, 0.15) is 0 Å². The third-order valence-electron chi connectivity index (χ3n) is 7.11. The van der Waals surface area contributed by atoms with Crippen LogP contribution in [-0.2, 0) is 21.1 Å². The summed E-state index contributed by atoms with van der Waals surface area (Å²) in [6.07, 6.45) is 9.09. The number of halogens is 1. The minimum absolute atomic E-state index is 0.120. The van der Waals surface area contributed by atoms with Crippen LogP contribution in [0.4, 0.5) is 0 Å². The first kappa shape index (κ1) is 22.1. The van der Waals surface area contributed by atoms with E-state index in [0.717, 1.165) is 62.1 Å². The fraction of sp³-hybridized carbons (Fsp3) is 0.696. The number of carbonyl (C=O) groups excluding carboxylic acids is 1. The molecule has 5 nitrogen and oxygen atoms in total. The Balaban J connectivity index is 1.46. The Morgan fingerprint density at radius 2 is 1.80 bits per heavy atom. The van der Waals surface area contributed by atoms with Gasteiger partial charge in [-0.3, -0.25) is 9.69 Å². The Labute approximate surface area is 185 Å². The lowest BCUT2D eigenvalue weighted by Gasteiger charge is -2.39. The van der Waals surface area contributed by atoms with Crippen molar-refractivity contribution in [2.75, 3.05) is 24.6 Å². The summed E-state index contributed by atoms with van der Waals surface area (Å²) in [5.74, 6) is 0.473. The molecule has 0 N–H and O–H groups in total. The number of likely N-dealkylation sites (tertiary alicyclic amines) is 1. The van der Waals surface area contributed by atoms with E-state index in [2.05, 4.69) is 11.0 Å². The molecule has 1 amide bonds. The first-order valence-corrected chi connectivity index (χ1v) is 13.6. The molecule has 166 valence electrons. The lowest BCUT2D eigenvalue weighted by atomic mass is 9.92. The van der Waals surface area contributed by atoms with Crippen LogP contribution in [0.3, 0.4) is 0 Å². The molecule has 1 aliphatic carbocycles. The molecule has 3 aliphatic rings. The monoisotopic (exact) mass is 452 g/mol. The Kier molecular flexibility index (Phi) is 7.05. The highest BCUT2D eigenvalue weighted by Gasteiger charge is 2.39. The van der Waals surface area contributed by atoms with Gasteiger partial charge in [-0.1, -0.05) is 49.1 Å². The number of benzene rings is 1. The topological polar surface area (TPSA) is 57.7 Å². The van der Waals surface area contributed by atoms with Crippen molar-refractivity contribution in [1.82, 2.24) is 9.80 Å². The lowest BCUT2D eigenvalue weighted by Crippen LogP contribution is -2.52. The molecular weight excluding hydrogens is 420 g/mol. The third-order valence-corrected chi connectivity index (χ3v) is 9.23. The van der Waals surface area contributed by atoms with Gasteiger partial charge in [0.05, 0.1) is 18.1 Å². The number of amides is 1. The number of nitrogens with zero attached hydrogens (tertiary/aromatic N) is 2. The number of hydrogen-bond donors (Lipinski definition) is 0. The number of sulfone groups is 1. The van der Waals surface area contributed by atoms with Crippen molar-refractivity contribution in [3.8, 4) is 0 Å². The van der Waals surface area contributed by atoms with Gasteiger partial charge < -0.3 is 4.90 Å². The predicted octanol–water partition coefficient (Wildman–Crippen LogP) is 3.70. The predicted molar refractivity (Wildman–Crippen MR) is 121 cm³/mol. The Hall–Kier alpha value is -1.11. The highest BCUT2D eigenvalue weighted by Crippen LogP contribution is 2.30. The van der Waals surface area contributed by atoms with Crippen LogP contribution in [0.2, 0.25) is 5.02 Å². The first-order valence-electron chi connectivity index (χ1n) is 11.4. The van der Waals surface area contributed by atoms with Crippen molar-refractivity contribution in [2.24, 2.45) is 0 Å². The third kappa shape index (κ3) is 5.20. The van der Waals surface area contributed by atoms with E-state index in [4.69, 9.17) is 11.6 Å². The molecule has 1 saturated carbocycles. The van der Waals surface area contributed by atoms with E-state index in [1.165, 1.54) is 6.42 Å². The molecule has 0 bridgehead atoms. The Morgan fingerprint density at radius 3 is 2.50 bits per heavy atom. The van der Waals surface area contributed by atoms with E-state index in [0.29, 0.717) is 19.0 Å². The molecule has 0 aromatic heterocycles. The van der Waals surface area contributed by atoms with Crippen LogP contribution in [0.5, 0.6) is 0 Å². The summed E-state index contributed by atoms with van der Waals surface area (Å²) in [7, 11) is -3.02. The standard InChI is InChI=1S/C23H33ClN2O3S/c24-22-11-5-4-7-18(22)15-20-10-6-13-25(20)16-23(27)26(19-8-2-1-3-9-19)21-12-14-30(28,29)17-21/h4-5,7,11,19-21H,1-3,6,8-10,12-17H2/t20-,21-/m0/s1. The minimum atomic E-state index is -3.02. The second kappa shape index (κ2) is 9.58. The molecule has 2 saturated heterocycles. The minimum Gasteiger partial charge on any atom is -0.335 e. The first-order chi connectivity index (χ1) is 14.4. The maximum absolute atomic E-state index is 13.5. The largest absolute Gasteiger partial charge is 0.335 e. The number of carbonyl (C=O) groups is 1. The van der Waals surface area contributed by atoms with Crippen LogP contribution in [-0.4, -0.2) is 66.8 Å². The SMILES string of the molecule is O=C(CN1CCC[C@H]1Cc1ccccc1Cl)N(C1CCCCC1)[C@H]1CCS(=O)(=O)C1. The molecule has 0 spiro atoms. The molecule has 1 aromatic rings. The fourth-order valence-electron chi connectivity index (χ4n) is 5.57. The van der Waals surface area contributed by atoms with Crippen molar-refractivity contribution < 1.29 is 13.2 Å². The molecule has 4 rings (SSSR count). The zero-order valence-electron chi connectivity index (χ0n) is 17.6. The van der Waals surface area contributed by atoms with Gasteiger partial charge in [-0.15, -0.1) is 0 Å². The molecule has 2 heterocycles. The number of rotatable bonds is 6. The van der Waals surface area contributed by atoms with Crippen LogP contribution < -0.4 is 0 Å². The van der Waals surface area contributed by atoms with Crippen molar-refractivity contribution >= 4 is 27.3 Å². The van der Waals surface area contributed by atoms with Crippen LogP contribution in [0.1, 0.15) is 56.9 Å². The average Bonchev–Trinajstić information content (AvgIpc) is 3.30. The Morgan fingerprint density at radius 1 is 1.03 bits per heavy atom. The molecular formula is C23H33ClN2O3S. The van der Waals surface area contributed by atoms with Gasteiger partial charge in [0.2, 0.25) is 5.91 Å². The van der Waals surface area contributed by atoms with Gasteiger partial charge in [-0.2, -0.15) is 0 Å². The highest BCUT2D eigenvalue weighted by molar-refractivity contribution is 7.91. The lowest BCUT2D eigenvalue weighted by molar-refractivity contribution is -0.138. The van der Waals surface area contributed by atoms with E-state index in [1.54, 1.807) is 0 Å². The Bertz CT molecular complexity index is 854. The summed E-state index contributed by atoms with van der Waals surface area (Å²) in [6, 6.07) is 8.32. The van der Waals surface area contributed by atoms with Crippen LogP contribution in [0.15, 0.2) is 24.3 Å². The second-order valence-electron chi connectivity index (χ2n) is 9.21. The molecule has 0 radical (unpaired) electrons. The molecule has 3 fully saturated rings. The van der Waals surface area contributed by atoms with Crippen LogP contribution in [0, 0.1) is 0 Å². The maximum Gasteiger partial charge on any atom is 0.237 e. The van der Waals surface area contributed by atoms with E-state index in [1.807, 2.05) is 23.1 Å². The summed E-state index contributed by atoms with van der Waals surface area (Å²) in [5.41, 5.74) is 1.13. The normalized spacial score (nSPS) is 27.4. The van der Waals surface area contributed by atoms with Crippen molar-refractivity contribution in [1.29, 1.82) is 0 Å². The van der Waals surface area contributed by atoms with Gasteiger partial charge in [0, 0.05) is 23.1 Å². The van der Waals surface area contributed by atoms with Gasteiger partial charge in [-0.05, 0) is 56.7 Å². The van der Waals surface area contributed by atoms with Crippen molar-refractivity contribution in [3.63, 3.8) is 0 Å². The van der Waals surface area contributed by atoms with Gasteiger partial charge in [0.15, 0.2) is 9.84 Å². The molecule has 2 atom stereocenters. The molecule has 0 unspecified atom stereocenters. The molecule has 30 heavy (non-hydrogen) atoms. The summed E-state index contributed by atoms with van der Waals surface area (Å²) < 4.78 is 24.2. The second-order valence-corrected chi connectivity index (χ2v) is 11.8. The van der Waals surface area contributed by atoms with Crippen molar-refractivity contribution in [2.45, 2.75) is 75.9 Å².